The van der Waals surface area contributed by atoms with Gasteiger partial charge in [-0.3, -0.25) is 4.79 Å². The first kappa shape index (κ1) is 10.2. The van der Waals surface area contributed by atoms with Crippen molar-refractivity contribution >= 4 is 45.8 Å². The van der Waals surface area contributed by atoms with Gasteiger partial charge in [0, 0.05) is 22.2 Å². The minimum Gasteiger partial charge on any atom is -0.311 e. The maximum Gasteiger partial charge on any atom is 0.228 e. The molecule has 1 saturated heterocycles. The van der Waals surface area contributed by atoms with Gasteiger partial charge in [-0.2, -0.15) is 0 Å². The number of anilines is 1. The Balaban J connectivity index is 2.27. The predicted octanol–water partition coefficient (Wildman–Crippen LogP) is 2.64. The van der Waals surface area contributed by atoms with E-state index in [9.17, 15) is 4.79 Å². The largest absolute Gasteiger partial charge is 0.311 e. The van der Waals surface area contributed by atoms with E-state index in [2.05, 4.69) is 22.6 Å². The van der Waals surface area contributed by atoms with Gasteiger partial charge in [-0.15, -0.1) is 11.6 Å². The fourth-order valence-corrected chi connectivity index (χ4v) is 2.35. The molecular weight excluding hydrogens is 312 g/mol. The molecule has 1 fully saturated rings. The van der Waals surface area contributed by atoms with Gasteiger partial charge in [0.05, 0.1) is 5.38 Å². The Morgan fingerprint density at radius 2 is 2.29 bits per heavy atom. The van der Waals surface area contributed by atoms with Gasteiger partial charge in [0.15, 0.2) is 0 Å². The second-order valence-electron chi connectivity index (χ2n) is 3.29. The van der Waals surface area contributed by atoms with Crippen molar-refractivity contribution in [3.8, 4) is 0 Å². The van der Waals surface area contributed by atoms with Crippen molar-refractivity contribution in [2.45, 2.75) is 11.8 Å². The van der Waals surface area contributed by atoms with Crippen LogP contribution in [0.4, 0.5) is 5.69 Å². The average Bonchev–Trinajstić information content (AvgIpc) is 2.45. The van der Waals surface area contributed by atoms with E-state index in [1.165, 1.54) is 0 Å². The first-order chi connectivity index (χ1) is 6.66. The molecule has 1 heterocycles. The minimum atomic E-state index is -0.0413. The molecule has 0 saturated carbocycles. The first-order valence-corrected chi connectivity index (χ1v) is 5.88. The smallest absolute Gasteiger partial charge is 0.228 e. The second kappa shape index (κ2) is 4.06. The van der Waals surface area contributed by atoms with Crippen molar-refractivity contribution in [3.63, 3.8) is 0 Å². The van der Waals surface area contributed by atoms with Crippen molar-refractivity contribution < 1.29 is 4.79 Å². The van der Waals surface area contributed by atoms with Gasteiger partial charge in [-0.1, -0.05) is 6.07 Å². The Morgan fingerprint density at radius 3 is 2.86 bits per heavy atom. The number of carbonyl (C=O) groups excluding carboxylic acids is 1. The van der Waals surface area contributed by atoms with Gasteiger partial charge in [0.2, 0.25) is 5.91 Å². The Bertz CT molecular complexity index is 369. The molecule has 0 aromatic heterocycles. The van der Waals surface area contributed by atoms with E-state index in [-0.39, 0.29) is 11.3 Å². The number of nitrogens with zero attached hydrogens (tertiary/aromatic N) is 1. The minimum absolute atomic E-state index is 0.0413. The fraction of sp³-hybridized carbons (Fsp3) is 0.300. The monoisotopic (exact) mass is 321 g/mol. The highest BCUT2D eigenvalue weighted by Crippen LogP contribution is 2.25. The first-order valence-electron chi connectivity index (χ1n) is 4.37. The maximum atomic E-state index is 11.5. The molecule has 2 nitrogen and oxygen atoms in total. The zero-order valence-corrected chi connectivity index (χ0v) is 10.3. The van der Waals surface area contributed by atoms with Gasteiger partial charge < -0.3 is 4.90 Å². The number of halogens is 2. The average molecular weight is 322 g/mol. The summed E-state index contributed by atoms with van der Waals surface area (Å²) in [7, 11) is 0. The van der Waals surface area contributed by atoms with Crippen LogP contribution in [0.3, 0.4) is 0 Å². The van der Waals surface area contributed by atoms with E-state index in [1.807, 2.05) is 24.3 Å². The number of hydrogen-bond donors (Lipinski definition) is 0. The molecule has 1 aliphatic heterocycles. The summed E-state index contributed by atoms with van der Waals surface area (Å²) >= 11 is 8.16. The molecule has 0 bridgehead atoms. The van der Waals surface area contributed by atoms with E-state index in [1.54, 1.807) is 4.90 Å². The zero-order valence-electron chi connectivity index (χ0n) is 7.41. The van der Waals surface area contributed by atoms with E-state index in [0.29, 0.717) is 13.0 Å². The number of amides is 1. The molecule has 1 aromatic rings. The number of carbonyl (C=O) groups is 1. The normalized spacial score (nSPS) is 21.7. The van der Waals surface area contributed by atoms with E-state index in [0.717, 1.165) is 9.26 Å². The zero-order chi connectivity index (χ0) is 10.1. The molecular formula is C10H9ClINO. The summed E-state index contributed by atoms with van der Waals surface area (Å²) in [5.74, 6) is 0.118. The topological polar surface area (TPSA) is 20.3 Å². The summed E-state index contributed by atoms with van der Waals surface area (Å²) < 4.78 is 1.13. The van der Waals surface area contributed by atoms with Crippen LogP contribution in [-0.2, 0) is 4.79 Å². The molecule has 74 valence electrons. The Morgan fingerprint density at radius 1 is 1.50 bits per heavy atom. The van der Waals surface area contributed by atoms with Gasteiger partial charge in [0.25, 0.3) is 0 Å². The lowest BCUT2D eigenvalue weighted by atomic mass is 10.3. The molecule has 0 N–H and O–H groups in total. The van der Waals surface area contributed by atoms with Crippen LogP contribution in [0, 0.1) is 3.57 Å². The Kier molecular flexibility index (Phi) is 2.97. The van der Waals surface area contributed by atoms with Crippen molar-refractivity contribution in [3.05, 3.63) is 27.8 Å². The van der Waals surface area contributed by atoms with Crippen LogP contribution in [0.5, 0.6) is 0 Å². The molecule has 0 radical (unpaired) electrons. The van der Waals surface area contributed by atoms with Crippen molar-refractivity contribution in [1.29, 1.82) is 0 Å². The lowest BCUT2D eigenvalue weighted by Crippen LogP contribution is -2.24. The third-order valence-electron chi connectivity index (χ3n) is 2.20. The van der Waals surface area contributed by atoms with Gasteiger partial charge in [-0.25, -0.2) is 0 Å². The molecule has 14 heavy (non-hydrogen) atoms. The Hall–Kier alpha value is -0.290. The highest BCUT2D eigenvalue weighted by Gasteiger charge is 2.28. The fourth-order valence-electron chi connectivity index (χ4n) is 1.56. The number of rotatable bonds is 1. The van der Waals surface area contributed by atoms with E-state index >= 15 is 0 Å². The molecule has 1 unspecified atom stereocenters. The van der Waals surface area contributed by atoms with Crippen molar-refractivity contribution in [1.82, 2.24) is 0 Å². The van der Waals surface area contributed by atoms with Gasteiger partial charge in [-0.05, 0) is 40.8 Å². The highest BCUT2D eigenvalue weighted by molar-refractivity contribution is 14.1. The summed E-state index contributed by atoms with van der Waals surface area (Å²) in [5, 5.41) is -0.0413. The molecule has 1 aliphatic rings. The van der Waals surface area contributed by atoms with Crippen molar-refractivity contribution in [2.75, 3.05) is 11.4 Å². The summed E-state index contributed by atoms with van der Waals surface area (Å²) in [6.45, 7) is 0.625. The van der Waals surface area contributed by atoms with Crippen LogP contribution >= 0.6 is 34.2 Å². The summed E-state index contributed by atoms with van der Waals surface area (Å²) in [5.41, 5.74) is 0.949. The van der Waals surface area contributed by atoms with E-state index in [4.69, 9.17) is 11.6 Å². The molecule has 1 aromatic carbocycles. The number of alkyl halides is 1. The van der Waals surface area contributed by atoms with Crippen LogP contribution in [0.2, 0.25) is 0 Å². The summed E-state index contributed by atoms with van der Waals surface area (Å²) in [4.78, 5) is 13.3. The second-order valence-corrected chi connectivity index (χ2v) is 5.15. The van der Waals surface area contributed by atoms with Gasteiger partial charge >= 0.3 is 0 Å². The summed E-state index contributed by atoms with van der Waals surface area (Å²) in [6, 6.07) is 7.89. The quantitative estimate of drug-likeness (QED) is 0.575. The van der Waals surface area contributed by atoms with Crippen LogP contribution < -0.4 is 4.90 Å². The standard InChI is InChI=1S/C10H9ClINO/c11-7-4-10(14)13(6-7)9-3-1-2-8(12)5-9/h1-3,5,7H,4,6H2. The molecule has 1 amide bonds. The van der Waals surface area contributed by atoms with Gasteiger partial charge in [0.1, 0.15) is 0 Å². The molecule has 1 atom stereocenters. The summed E-state index contributed by atoms with van der Waals surface area (Å²) in [6.07, 6.45) is 0.451. The van der Waals surface area contributed by atoms with Crippen LogP contribution in [0.15, 0.2) is 24.3 Å². The lowest BCUT2D eigenvalue weighted by molar-refractivity contribution is -0.117. The highest BCUT2D eigenvalue weighted by atomic mass is 127. The van der Waals surface area contributed by atoms with Crippen molar-refractivity contribution in [2.24, 2.45) is 0 Å². The van der Waals surface area contributed by atoms with Crippen LogP contribution in [0.25, 0.3) is 0 Å². The lowest BCUT2D eigenvalue weighted by Gasteiger charge is -2.15. The van der Waals surface area contributed by atoms with Crippen LogP contribution in [-0.4, -0.2) is 17.8 Å². The third kappa shape index (κ3) is 2.03. The number of hydrogen-bond acceptors (Lipinski definition) is 1. The predicted molar refractivity (Wildman–Crippen MR) is 65.8 cm³/mol. The molecule has 0 spiro atoms. The van der Waals surface area contributed by atoms with Crippen LogP contribution in [0.1, 0.15) is 6.42 Å². The molecule has 2 rings (SSSR count). The third-order valence-corrected chi connectivity index (χ3v) is 3.16. The Labute approximate surface area is 101 Å². The SMILES string of the molecule is O=C1CC(Cl)CN1c1cccc(I)c1. The molecule has 0 aliphatic carbocycles. The maximum absolute atomic E-state index is 11.5. The number of benzene rings is 1. The van der Waals surface area contributed by atoms with E-state index < -0.39 is 0 Å². The molecule has 4 heteroatoms.